The van der Waals surface area contributed by atoms with Crippen molar-refractivity contribution >= 4 is 17.4 Å². The second kappa shape index (κ2) is 7.93. The van der Waals surface area contributed by atoms with E-state index >= 15 is 0 Å². The molecule has 7 heteroatoms. The molecule has 22 heavy (non-hydrogen) atoms. The Morgan fingerprint density at radius 2 is 2.27 bits per heavy atom. The maximum Gasteiger partial charge on any atom is 0.315 e. The third-order valence-corrected chi connectivity index (χ3v) is 4.34. The fourth-order valence-corrected chi connectivity index (χ4v) is 3.04. The summed E-state index contributed by atoms with van der Waals surface area (Å²) >= 11 is 1.59. The zero-order chi connectivity index (χ0) is 15.9. The number of urea groups is 1. The molecule has 0 saturated carbocycles. The average Bonchev–Trinajstić information content (AvgIpc) is 3.10. The van der Waals surface area contributed by atoms with E-state index in [0.717, 1.165) is 35.7 Å². The normalized spacial score (nSPS) is 12.1. The smallest absolute Gasteiger partial charge is 0.315 e. The van der Waals surface area contributed by atoms with Crippen molar-refractivity contribution in [3.05, 3.63) is 34.0 Å². The minimum absolute atomic E-state index is 0.0209. The highest BCUT2D eigenvalue weighted by Gasteiger charge is 2.15. The van der Waals surface area contributed by atoms with E-state index < -0.39 is 0 Å². The van der Waals surface area contributed by atoms with Gasteiger partial charge in [-0.2, -0.15) is 5.10 Å². The molecule has 2 rings (SSSR count). The summed E-state index contributed by atoms with van der Waals surface area (Å²) < 4.78 is 1.89. The topological polar surface area (TPSA) is 71.8 Å². The highest BCUT2D eigenvalue weighted by atomic mass is 32.1. The molecule has 0 unspecified atom stereocenters. The Hall–Kier alpha value is -1.89. The van der Waals surface area contributed by atoms with E-state index in [1.165, 1.54) is 0 Å². The molecule has 6 nitrogen and oxygen atoms in total. The SMILES string of the molecule is CC[C@H](NC(=O)NCCCn1cc(C)cn1)c1nc(C)cs1. The van der Waals surface area contributed by atoms with E-state index in [9.17, 15) is 4.79 Å². The maximum absolute atomic E-state index is 11.9. The van der Waals surface area contributed by atoms with Gasteiger partial charge in [0.05, 0.1) is 12.2 Å². The van der Waals surface area contributed by atoms with Crippen LogP contribution >= 0.6 is 11.3 Å². The molecule has 0 radical (unpaired) electrons. The van der Waals surface area contributed by atoms with Crippen molar-refractivity contribution < 1.29 is 4.79 Å². The predicted octanol–water partition coefficient (Wildman–Crippen LogP) is 2.80. The molecule has 120 valence electrons. The number of aryl methyl sites for hydroxylation is 3. The zero-order valence-corrected chi connectivity index (χ0v) is 14.1. The molecule has 0 saturated heterocycles. The van der Waals surface area contributed by atoms with Crippen LogP contribution in [0.25, 0.3) is 0 Å². The Morgan fingerprint density at radius 3 is 2.86 bits per heavy atom. The fraction of sp³-hybridized carbons (Fsp3) is 0.533. The van der Waals surface area contributed by atoms with Gasteiger partial charge in [-0.25, -0.2) is 9.78 Å². The van der Waals surface area contributed by atoms with Gasteiger partial charge in [-0.05, 0) is 32.3 Å². The van der Waals surface area contributed by atoms with Gasteiger partial charge in [0, 0.05) is 30.4 Å². The van der Waals surface area contributed by atoms with Crippen molar-refractivity contribution in [3.8, 4) is 0 Å². The lowest BCUT2D eigenvalue weighted by molar-refractivity contribution is 0.236. The van der Waals surface area contributed by atoms with Crippen molar-refractivity contribution in [3.63, 3.8) is 0 Å². The van der Waals surface area contributed by atoms with Gasteiger partial charge in [0.25, 0.3) is 0 Å². The van der Waals surface area contributed by atoms with Crippen LogP contribution in [0.5, 0.6) is 0 Å². The summed E-state index contributed by atoms with van der Waals surface area (Å²) in [7, 11) is 0. The van der Waals surface area contributed by atoms with Crippen LogP contribution in [0.4, 0.5) is 4.79 Å². The van der Waals surface area contributed by atoms with Gasteiger partial charge in [0.1, 0.15) is 5.01 Å². The first-order valence-electron chi connectivity index (χ1n) is 7.54. The van der Waals surface area contributed by atoms with E-state index in [-0.39, 0.29) is 12.1 Å². The van der Waals surface area contributed by atoms with Crippen LogP contribution < -0.4 is 10.6 Å². The van der Waals surface area contributed by atoms with Gasteiger partial charge in [-0.3, -0.25) is 4.68 Å². The van der Waals surface area contributed by atoms with Gasteiger partial charge < -0.3 is 10.6 Å². The molecule has 2 amide bonds. The van der Waals surface area contributed by atoms with Crippen LogP contribution in [-0.2, 0) is 6.54 Å². The summed E-state index contributed by atoms with van der Waals surface area (Å²) in [6, 6.07) is -0.163. The third-order valence-electron chi connectivity index (χ3n) is 3.26. The highest BCUT2D eigenvalue weighted by Crippen LogP contribution is 2.20. The van der Waals surface area contributed by atoms with Crippen molar-refractivity contribution in [2.45, 2.75) is 46.2 Å². The summed E-state index contributed by atoms with van der Waals surface area (Å²) in [6.45, 7) is 7.45. The Morgan fingerprint density at radius 1 is 1.45 bits per heavy atom. The first-order chi connectivity index (χ1) is 10.6. The number of carbonyl (C=O) groups is 1. The second-order valence-electron chi connectivity index (χ2n) is 5.32. The number of aromatic nitrogens is 3. The highest BCUT2D eigenvalue weighted by molar-refractivity contribution is 7.09. The number of hydrogen-bond acceptors (Lipinski definition) is 4. The molecule has 0 aliphatic rings. The number of hydrogen-bond donors (Lipinski definition) is 2. The molecule has 2 aromatic rings. The average molecular weight is 321 g/mol. The summed E-state index contributed by atoms with van der Waals surface area (Å²) in [5.41, 5.74) is 2.14. The number of amides is 2. The lowest BCUT2D eigenvalue weighted by Gasteiger charge is -2.15. The Labute approximate surface area is 135 Å². The molecule has 1 atom stereocenters. The quantitative estimate of drug-likeness (QED) is 0.770. The summed E-state index contributed by atoms with van der Waals surface area (Å²) in [6.07, 6.45) is 5.51. The molecular formula is C15H23N5OS. The van der Waals surface area contributed by atoms with E-state index in [0.29, 0.717) is 6.54 Å². The van der Waals surface area contributed by atoms with Crippen LogP contribution in [0.3, 0.4) is 0 Å². The molecule has 2 N–H and O–H groups in total. The van der Waals surface area contributed by atoms with E-state index in [2.05, 4.69) is 20.7 Å². The second-order valence-corrected chi connectivity index (χ2v) is 6.21. The zero-order valence-electron chi connectivity index (χ0n) is 13.3. The van der Waals surface area contributed by atoms with Crippen molar-refractivity contribution in [2.24, 2.45) is 0 Å². The van der Waals surface area contributed by atoms with E-state index in [1.807, 2.05) is 43.2 Å². The van der Waals surface area contributed by atoms with E-state index in [1.54, 1.807) is 11.3 Å². The molecule has 0 spiro atoms. The monoisotopic (exact) mass is 321 g/mol. The number of carbonyl (C=O) groups excluding carboxylic acids is 1. The van der Waals surface area contributed by atoms with Gasteiger partial charge in [0.2, 0.25) is 0 Å². The van der Waals surface area contributed by atoms with Gasteiger partial charge >= 0.3 is 6.03 Å². The van der Waals surface area contributed by atoms with Gasteiger partial charge in [-0.15, -0.1) is 11.3 Å². The van der Waals surface area contributed by atoms with Crippen LogP contribution in [-0.4, -0.2) is 27.3 Å². The van der Waals surface area contributed by atoms with Crippen LogP contribution in [0.2, 0.25) is 0 Å². The first kappa shape index (κ1) is 16.5. The van der Waals surface area contributed by atoms with Crippen LogP contribution in [0.1, 0.15) is 42.1 Å². The number of nitrogens with one attached hydrogen (secondary N) is 2. The van der Waals surface area contributed by atoms with Gasteiger partial charge in [0.15, 0.2) is 0 Å². The maximum atomic E-state index is 11.9. The van der Waals surface area contributed by atoms with Crippen molar-refractivity contribution in [2.75, 3.05) is 6.54 Å². The summed E-state index contributed by atoms with van der Waals surface area (Å²) in [5, 5.41) is 13.0. The molecule has 0 aromatic carbocycles. The lowest BCUT2D eigenvalue weighted by atomic mass is 10.2. The lowest BCUT2D eigenvalue weighted by Crippen LogP contribution is -2.38. The van der Waals surface area contributed by atoms with Crippen molar-refractivity contribution in [1.82, 2.24) is 25.4 Å². The van der Waals surface area contributed by atoms with Crippen LogP contribution in [0, 0.1) is 13.8 Å². The molecule has 0 fully saturated rings. The Balaban J connectivity index is 1.70. The largest absolute Gasteiger partial charge is 0.338 e. The predicted molar refractivity (Wildman–Crippen MR) is 88.0 cm³/mol. The standard InChI is InChI=1S/C15H23N5OS/c1-4-13(14-18-12(3)10-22-14)19-15(21)16-6-5-7-20-9-11(2)8-17-20/h8-10,13H,4-7H2,1-3H3,(H2,16,19,21)/t13-/m0/s1. The molecule has 2 aromatic heterocycles. The Kier molecular flexibility index (Phi) is 5.94. The number of thiazole rings is 1. The molecule has 0 aliphatic carbocycles. The minimum atomic E-state index is -0.142. The molecule has 2 heterocycles. The molecule has 0 bridgehead atoms. The third kappa shape index (κ3) is 4.84. The number of rotatable bonds is 7. The molecule has 0 aliphatic heterocycles. The summed E-state index contributed by atoms with van der Waals surface area (Å²) in [4.78, 5) is 16.4. The first-order valence-corrected chi connectivity index (χ1v) is 8.42. The Bertz CT molecular complexity index is 607. The van der Waals surface area contributed by atoms with Gasteiger partial charge in [-0.1, -0.05) is 6.92 Å². The minimum Gasteiger partial charge on any atom is -0.338 e. The van der Waals surface area contributed by atoms with E-state index in [4.69, 9.17) is 0 Å². The summed E-state index contributed by atoms with van der Waals surface area (Å²) in [5.74, 6) is 0. The van der Waals surface area contributed by atoms with Crippen molar-refractivity contribution in [1.29, 1.82) is 0 Å². The molecular weight excluding hydrogens is 298 g/mol. The number of nitrogens with zero attached hydrogens (tertiary/aromatic N) is 3. The fourth-order valence-electron chi connectivity index (χ4n) is 2.11. The van der Waals surface area contributed by atoms with Crippen LogP contribution in [0.15, 0.2) is 17.8 Å².